The van der Waals surface area contributed by atoms with Crippen molar-refractivity contribution in [3.63, 3.8) is 0 Å². The normalized spacial score (nSPS) is 24.3. The van der Waals surface area contributed by atoms with Crippen LogP contribution < -0.4 is 0 Å². The summed E-state index contributed by atoms with van der Waals surface area (Å²) in [6.07, 6.45) is 5.18. The first-order valence-corrected chi connectivity index (χ1v) is 4.63. The van der Waals surface area contributed by atoms with Crippen LogP contribution in [0.5, 0.6) is 0 Å². The molecule has 2 heteroatoms. The highest BCUT2D eigenvalue weighted by molar-refractivity contribution is 4.63. The first kappa shape index (κ1) is 9.01. The Hall–Kier alpha value is -0.0800. The van der Waals surface area contributed by atoms with Crippen LogP contribution in [-0.4, -0.2) is 25.9 Å². The molecule has 0 aliphatic carbocycles. The van der Waals surface area contributed by atoms with Crippen molar-refractivity contribution in [1.29, 1.82) is 0 Å². The molecule has 0 bridgehead atoms. The predicted molar refractivity (Wildman–Crippen MR) is 44.7 cm³/mol. The molecule has 66 valence electrons. The molecule has 1 aliphatic heterocycles. The average molecular weight is 158 g/mol. The second-order valence-electron chi connectivity index (χ2n) is 3.06. The largest absolute Gasteiger partial charge is 0.379 e. The van der Waals surface area contributed by atoms with Gasteiger partial charge >= 0.3 is 0 Å². The molecule has 1 rings (SSSR count). The van der Waals surface area contributed by atoms with E-state index in [4.69, 9.17) is 9.47 Å². The number of rotatable bonds is 5. The Bertz CT molecular complexity index is 87.6. The van der Waals surface area contributed by atoms with E-state index in [-0.39, 0.29) is 0 Å². The quantitative estimate of drug-likeness (QED) is 0.570. The lowest BCUT2D eigenvalue weighted by Crippen LogP contribution is -2.14. The highest BCUT2D eigenvalue weighted by Gasteiger charge is 2.14. The summed E-state index contributed by atoms with van der Waals surface area (Å²) in [6.45, 7) is 4.81. The van der Waals surface area contributed by atoms with E-state index < -0.39 is 0 Å². The van der Waals surface area contributed by atoms with Crippen molar-refractivity contribution in [2.24, 2.45) is 0 Å². The molecule has 0 radical (unpaired) electrons. The average Bonchev–Trinajstić information content (AvgIpc) is 2.50. The third-order valence-corrected chi connectivity index (χ3v) is 1.97. The van der Waals surface area contributed by atoms with Crippen LogP contribution in [0.4, 0.5) is 0 Å². The molecular formula is C9H18O2. The van der Waals surface area contributed by atoms with Gasteiger partial charge in [-0.1, -0.05) is 13.3 Å². The molecule has 1 aliphatic rings. The highest BCUT2D eigenvalue weighted by atomic mass is 16.5. The van der Waals surface area contributed by atoms with Crippen LogP contribution >= 0.6 is 0 Å². The number of hydrogen-bond donors (Lipinski definition) is 0. The van der Waals surface area contributed by atoms with Crippen molar-refractivity contribution >= 4 is 0 Å². The summed E-state index contributed by atoms with van der Waals surface area (Å²) >= 11 is 0. The molecule has 1 heterocycles. The van der Waals surface area contributed by atoms with E-state index in [1.807, 2.05) is 0 Å². The van der Waals surface area contributed by atoms with Crippen molar-refractivity contribution in [3.8, 4) is 0 Å². The number of hydrogen-bond acceptors (Lipinski definition) is 2. The molecule has 1 fully saturated rings. The van der Waals surface area contributed by atoms with E-state index in [0.29, 0.717) is 6.10 Å². The zero-order valence-corrected chi connectivity index (χ0v) is 7.34. The number of unbranched alkanes of at least 4 members (excludes halogenated alkanes) is 1. The van der Waals surface area contributed by atoms with Gasteiger partial charge in [-0.15, -0.1) is 0 Å². The van der Waals surface area contributed by atoms with Gasteiger partial charge < -0.3 is 9.47 Å². The molecule has 11 heavy (non-hydrogen) atoms. The third kappa shape index (κ3) is 3.73. The van der Waals surface area contributed by atoms with Crippen molar-refractivity contribution in [3.05, 3.63) is 0 Å². The minimum atomic E-state index is 0.395. The molecular weight excluding hydrogens is 140 g/mol. The van der Waals surface area contributed by atoms with Crippen LogP contribution in [-0.2, 0) is 9.47 Å². The Kier molecular flexibility index (Phi) is 4.55. The van der Waals surface area contributed by atoms with E-state index in [1.54, 1.807) is 0 Å². The fourth-order valence-corrected chi connectivity index (χ4v) is 1.24. The standard InChI is InChI=1S/C9H18O2/c1-2-3-6-10-8-9-5-4-7-11-9/h9H,2-8H2,1H3/t9-/m1/s1. The fourth-order valence-electron chi connectivity index (χ4n) is 1.24. The van der Waals surface area contributed by atoms with E-state index in [0.717, 1.165) is 19.8 Å². The smallest absolute Gasteiger partial charge is 0.0809 e. The van der Waals surface area contributed by atoms with Crippen LogP contribution in [0, 0.1) is 0 Å². The molecule has 0 saturated carbocycles. The maximum Gasteiger partial charge on any atom is 0.0809 e. The topological polar surface area (TPSA) is 18.5 Å². The molecule has 0 N–H and O–H groups in total. The Labute approximate surface area is 68.9 Å². The van der Waals surface area contributed by atoms with Gasteiger partial charge in [0.1, 0.15) is 0 Å². The van der Waals surface area contributed by atoms with Crippen molar-refractivity contribution < 1.29 is 9.47 Å². The lowest BCUT2D eigenvalue weighted by molar-refractivity contribution is 0.0164. The minimum absolute atomic E-state index is 0.395. The lowest BCUT2D eigenvalue weighted by Gasteiger charge is -2.08. The monoisotopic (exact) mass is 158 g/mol. The van der Waals surface area contributed by atoms with Gasteiger partial charge in [0, 0.05) is 13.2 Å². The second kappa shape index (κ2) is 5.56. The van der Waals surface area contributed by atoms with Gasteiger partial charge in [-0.2, -0.15) is 0 Å². The van der Waals surface area contributed by atoms with Gasteiger partial charge in [-0.3, -0.25) is 0 Å². The maximum atomic E-state index is 5.43. The fraction of sp³-hybridized carbons (Fsp3) is 1.00. The molecule has 0 spiro atoms. The Morgan fingerprint density at radius 1 is 1.55 bits per heavy atom. The molecule has 0 aromatic rings. The van der Waals surface area contributed by atoms with Crippen LogP contribution in [0.1, 0.15) is 32.6 Å². The van der Waals surface area contributed by atoms with Crippen LogP contribution in [0.2, 0.25) is 0 Å². The Morgan fingerprint density at radius 2 is 2.45 bits per heavy atom. The summed E-state index contributed by atoms with van der Waals surface area (Å²) in [5, 5.41) is 0. The number of ether oxygens (including phenoxy) is 2. The van der Waals surface area contributed by atoms with Gasteiger partial charge in [-0.25, -0.2) is 0 Å². The SMILES string of the molecule is CCCCOC[C@H]1CCCO1. The van der Waals surface area contributed by atoms with Crippen molar-refractivity contribution in [1.82, 2.24) is 0 Å². The summed E-state index contributed by atoms with van der Waals surface area (Å²) in [7, 11) is 0. The summed E-state index contributed by atoms with van der Waals surface area (Å²) in [5.74, 6) is 0. The van der Waals surface area contributed by atoms with Gasteiger partial charge in [0.2, 0.25) is 0 Å². The third-order valence-electron chi connectivity index (χ3n) is 1.97. The summed E-state index contributed by atoms with van der Waals surface area (Å²) in [4.78, 5) is 0. The van der Waals surface area contributed by atoms with E-state index in [2.05, 4.69) is 6.92 Å². The first-order valence-electron chi connectivity index (χ1n) is 4.63. The van der Waals surface area contributed by atoms with Crippen LogP contribution in [0.3, 0.4) is 0 Å². The van der Waals surface area contributed by atoms with Gasteiger partial charge in [-0.05, 0) is 19.3 Å². The van der Waals surface area contributed by atoms with E-state index in [1.165, 1.54) is 25.7 Å². The molecule has 0 aromatic carbocycles. The van der Waals surface area contributed by atoms with Gasteiger partial charge in [0.25, 0.3) is 0 Å². The predicted octanol–water partition coefficient (Wildman–Crippen LogP) is 1.98. The summed E-state index contributed by atoms with van der Waals surface area (Å²) in [6, 6.07) is 0. The summed E-state index contributed by atoms with van der Waals surface area (Å²) in [5.41, 5.74) is 0. The zero-order chi connectivity index (χ0) is 7.94. The molecule has 0 amide bonds. The van der Waals surface area contributed by atoms with Crippen LogP contribution in [0.15, 0.2) is 0 Å². The molecule has 0 unspecified atom stereocenters. The molecule has 1 saturated heterocycles. The Morgan fingerprint density at radius 3 is 3.09 bits per heavy atom. The lowest BCUT2D eigenvalue weighted by atomic mass is 10.2. The highest BCUT2D eigenvalue weighted by Crippen LogP contribution is 2.11. The van der Waals surface area contributed by atoms with Gasteiger partial charge in [0.15, 0.2) is 0 Å². The second-order valence-corrected chi connectivity index (χ2v) is 3.06. The van der Waals surface area contributed by atoms with E-state index >= 15 is 0 Å². The zero-order valence-electron chi connectivity index (χ0n) is 7.34. The minimum Gasteiger partial charge on any atom is -0.379 e. The van der Waals surface area contributed by atoms with E-state index in [9.17, 15) is 0 Å². The molecule has 2 nitrogen and oxygen atoms in total. The maximum absolute atomic E-state index is 5.43. The summed E-state index contributed by atoms with van der Waals surface area (Å²) < 4.78 is 10.8. The van der Waals surface area contributed by atoms with Crippen LogP contribution in [0.25, 0.3) is 0 Å². The van der Waals surface area contributed by atoms with Crippen molar-refractivity contribution in [2.75, 3.05) is 19.8 Å². The Balaban J connectivity index is 1.86. The molecule has 0 aromatic heterocycles. The van der Waals surface area contributed by atoms with Gasteiger partial charge in [0.05, 0.1) is 12.7 Å². The molecule has 1 atom stereocenters. The first-order chi connectivity index (χ1) is 5.43. The van der Waals surface area contributed by atoms with Crippen molar-refractivity contribution in [2.45, 2.75) is 38.7 Å².